The summed E-state index contributed by atoms with van der Waals surface area (Å²) >= 11 is 6.10. The van der Waals surface area contributed by atoms with Crippen LogP contribution in [0.5, 0.6) is 0 Å². The largest absolute Gasteiger partial charge is 0.481 e. The standard InChI is InChI=1S/C27H22ClFN6O2/c28-18-12-32-26-24(33-18)17(11-31-26)23-16(10-30)19(13-4-2-1-3-5-13)21(29)25(35-23)34-22-15-8-6-14(7-9-15)20(22)27(36)37/h1-5,11-12,14-15,20,22H,6-9H2,(H,31,32)(H,34,35)(H,36,37)/t14?,15?,20-,22-/m0/s1. The quantitative estimate of drug-likeness (QED) is 0.312. The number of carboxylic acids is 1. The van der Waals surface area contributed by atoms with E-state index in [0.717, 1.165) is 25.7 Å². The second-order valence-electron chi connectivity index (χ2n) is 9.65. The van der Waals surface area contributed by atoms with Gasteiger partial charge in [-0.05, 0) is 43.1 Å². The number of H-pyrrole nitrogens is 1. The van der Waals surface area contributed by atoms with E-state index in [-0.39, 0.29) is 39.6 Å². The predicted molar refractivity (Wildman–Crippen MR) is 136 cm³/mol. The highest BCUT2D eigenvalue weighted by atomic mass is 35.5. The number of anilines is 1. The van der Waals surface area contributed by atoms with Crippen molar-refractivity contribution in [2.75, 3.05) is 5.32 Å². The molecule has 3 heterocycles. The lowest BCUT2D eigenvalue weighted by molar-refractivity contribution is -0.148. The van der Waals surface area contributed by atoms with Crippen molar-refractivity contribution >= 4 is 34.6 Å². The summed E-state index contributed by atoms with van der Waals surface area (Å²) in [7, 11) is 0. The van der Waals surface area contributed by atoms with Gasteiger partial charge in [0.25, 0.3) is 0 Å². The van der Waals surface area contributed by atoms with Gasteiger partial charge in [0.05, 0.1) is 23.4 Å². The molecule has 3 aliphatic carbocycles. The molecule has 186 valence electrons. The van der Waals surface area contributed by atoms with Gasteiger partial charge in [0.15, 0.2) is 17.3 Å². The summed E-state index contributed by atoms with van der Waals surface area (Å²) < 4.78 is 16.3. The molecule has 0 unspecified atom stereocenters. The summed E-state index contributed by atoms with van der Waals surface area (Å²) in [6.07, 6.45) is 6.51. The highest BCUT2D eigenvalue weighted by Crippen LogP contribution is 2.47. The highest BCUT2D eigenvalue weighted by Gasteiger charge is 2.47. The van der Waals surface area contributed by atoms with Crippen LogP contribution in [0.15, 0.2) is 42.7 Å². The molecule has 3 aromatic heterocycles. The van der Waals surface area contributed by atoms with Crippen LogP contribution in [-0.4, -0.2) is 37.1 Å². The van der Waals surface area contributed by atoms with E-state index in [0.29, 0.717) is 22.3 Å². The maximum Gasteiger partial charge on any atom is 0.308 e. The molecular weight excluding hydrogens is 495 g/mol. The van der Waals surface area contributed by atoms with E-state index < -0.39 is 23.7 Å². The average Bonchev–Trinajstić information content (AvgIpc) is 3.33. The van der Waals surface area contributed by atoms with Crippen molar-refractivity contribution in [2.24, 2.45) is 17.8 Å². The number of fused-ring (bicyclic) bond motifs is 4. The van der Waals surface area contributed by atoms with Crippen LogP contribution in [0.3, 0.4) is 0 Å². The molecule has 3 aliphatic rings. The number of nitriles is 1. The molecule has 0 aliphatic heterocycles. The molecule has 2 atom stereocenters. The Hall–Kier alpha value is -4.03. The summed E-state index contributed by atoms with van der Waals surface area (Å²) in [5, 5.41) is 23.6. The van der Waals surface area contributed by atoms with Crippen LogP contribution in [0.2, 0.25) is 5.15 Å². The van der Waals surface area contributed by atoms with E-state index in [9.17, 15) is 15.2 Å². The van der Waals surface area contributed by atoms with Gasteiger partial charge in [-0.15, -0.1) is 0 Å². The smallest absolute Gasteiger partial charge is 0.308 e. The zero-order valence-corrected chi connectivity index (χ0v) is 20.3. The van der Waals surface area contributed by atoms with E-state index >= 15 is 4.39 Å². The third-order valence-electron chi connectivity index (χ3n) is 7.73. The molecule has 0 spiro atoms. The molecule has 3 N–H and O–H groups in total. The van der Waals surface area contributed by atoms with Gasteiger partial charge in [0.1, 0.15) is 16.7 Å². The Morgan fingerprint density at radius 1 is 1.16 bits per heavy atom. The van der Waals surface area contributed by atoms with E-state index in [1.54, 1.807) is 30.5 Å². The van der Waals surface area contributed by atoms with E-state index in [1.165, 1.54) is 6.20 Å². The van der Waals surface area contributed by atoms with E-state index in [1.807, 2.05) is 6.07 Å². The Morgan fingerprint density at radius 3 is 2.59 bits per heavy atom. The van der Waals surface area contributed by atoms with Crippen LogP contribution in [0, 0.1) is 34.9 Å². The monoisotopic (exact) mass is 516 g/mol. The van der Waals surface area contributed by atoms with E-state index in [2.05, 4.69) is 31.3 Å². The first-order valence-electron chi connectivity index (χ1n) is 12.1. The van der Waals surface area contributed by atoms with Crippen LogP contribution in [0.4, 0.5) is 10.2 Å². The van der Waals surface area contributed by atoms with Gasteiger partial charge in [-0.2, -0.15) is 5.26 Å². The first-order valence-corrected chi connectivity index (χ1v) is 12.5. The molecule has 8 nitrogen and oxygen atoms in total. The molecule has 3 fully saturated rings. The number of aliphatic carboxylic acids is 1. The topological polar surface area (TPSA) is 128 Å². The lowest BCUT2D eigenvalue weighted by Crippen LogP contribution is -2.51. The van der Waals surface area contributed by atoms with Crippen molar-refractivity contribution < 1.29 is 14.3 Å². The highest BCUT2D eigenvalue weighted by molar-refractivity contribution is 6.29. The molecule has 0 saturated heterocycles. The van der Waals surface area contributed by atoms with Gasteiger partial charge < -0.3 is 15.4 Å². The Bertz CT molecular complexity index is 1560. The molecule has 3 saturated carbocycles. The van der Waals surface area contributed by atoms with Gasteiger partial charge in [0, 0.05) is 23.4 Å². The number of rotatable bonds is 5. The second kappa shape index (κ2) is 9.12. The Kier molecular flexibility index (Phi) is 5.76. The third kappa shape index (κ3) is 3.89. The molecule has 1 aromatic carbocycles. The average molecular weight is 517 g/mol. The lowest BCUT2D eigenvalue weighted by atomic mass is 9.61. The first kappa shape index (κ1) is 23.4. The van der Waals surface area contributed by atoms with Crippen LogP contribution >= 0.6 is 11.6 Å². The van der Waals surface area contributed by atoms with Crippen LogP contribution in [-0.2, 0) is 4.79 Å². The fourth-order valence-electron chi connectivity index (χ4n) is 6.06. The number of hydrogen-bond donors (Lipinski definition) is 3. The first-order chi connectivity index (χ1) is 18.0. The van der Waals surface area contributed by atoms with Gasteiger partial charge in [0.2, 0.25) is 0 Å². The lowest BCUT2D eigenvalue weighted by Gasteiger charge is -2.47. The van der Waals surface area contributed by atoms with Crippen LogP contribution in [0.25, 0.3) is 33.5 Å². The molecule has 37 heavy (non-hydrogen) atoms. The summed E-state index contributed by atoms with van der Waals surface area (Å²) in [6, 6.07) is 10.5. The number of carboxylic acid groups (broad SMARTS) is 1. The minimum atomic E-state index is -0.883. The number of hydrogen-bond acceptors (Lipinski definition) is 6. The summed E-state index contributed by atoms with van der Waals surface area (Å²) in [4.78, 5) is 28.4. The molecule has 0 radical (unpaired) electrons. The summed E-state index contributed by atoms with van der Waals surface area (Å²) in [5.74, 6) is -2.15. The Balaban J connectivity index is 1.57. The van der Waals surface area contributed by atoms with Gasteiger partial charge >= 0.3 is 5.97 Å². The number of aromatic amines is 1. The molecule has 2 bridgehead atoms. The van der Waals surface area contributed by atoms with Crippen LogP contribution in [0.1, 0.15) is 31.2 Å². The maximum absolute atomic E-state index is 16.3. The normalized spacial score (nSPS) is 22.6. The molecule has 0 amide bonds. The number of nitrogens with zero attached hydrogens (tertiary/aromatic N) is 4. The molecular formula is C27H22ClFN6O2. The summed E-state index contributed by atoms with van der Waals surface area (Å²) in [6.45, 7) is 0. The Labute approximate surface area is 216 Å². The van der Waals surface area contributed by atoms with Gasteiger partial charge in [-0.3, -0.25) is 4.79 Å². The Morgan fingerprint density at radius 2 is 1.89 bits per heavy atom. The zero-order valence-electron chi connectivity index (χ0n) is 19.6. The number of benzene rings is 1. The van der Waals surface area contributed by atoms with Crippen molar-refractivity contribution in [2.45, 2.75) is 31.7 Å². The maximum atomic E-state index is 16.3. The number of carbonyl (C=O) groups is 1. The van der Waals surface area contributed by atoms with Crippen molar-refractivity contribution in [3.63, 3.8) is 0 Å². The van der Waals surface area contributed by atoms with Crippen molar-refractivity contribution in [3.05, 3.63) is 59.3 Å². The predicted octanol–water partition coefficient (Wildman–Crippen LogP) is 5.65. The SMILES string of the molecule is N#Cc1c(-c2c[nH]c3ncc(Cl)nc23)nc(N[C@H]2C3CCC(CC3)[C@@H]2C(=O)O)c(F)c1-c1ccccc1. The fraction of sp³-hybridized carbons (Fsp3) is 0.296. The van der Waals surface area contributed by atoms with Crippen molar-refractivity contribution in [3.8, 4) is 28.5 Å². The number of nitrogens with one attached hydrogen (secondary N) is 2. The van der Waals surface area contributed by atoms with Gasteiger partial charge in [-0.25, -0.2) is 19.3 Å². The summed E-state index contributed by atoms with van der Waals surface area (Å²) in [5.41, 5.74) is 2.13. The number of aromatic nitrogens is 4. The number of pyridine rings is 1. The zero-order chi connectivity index (χ0) is 25.7. The van der Waals surface area contributed by atoms with E-state index in [4.69, 9.17) is 11.6 Å². The number of halogens is 2. The minimum Gasteiger partial charge on any atom is -0.481 e. The van der Waals surface area contributed by atoms with Gasteiger partial charge in [-0.1, -0.05) is 41.9 Å². The molecule has 4 aromatic rings. The molecule has 7 rings (SSSR count). The van der Waals surface area contributed by atoms with Crippen LogP contribution < -0.4 is 5.32 Å². The van der Waals surface area contributed by atoms with Crippen molar-refractivity contribution in [1.82, 2.24) is 19.9 Å². The van der Waals surface area contributed by atoms with Crippen molar-refractivity contribution in [1.29, 1.82) is 5.26 Å². The fourth-order valence-corrected chi connectivity index (χ4v) is 6.19. The molecule has 10 heteroatoms. The third-order valence-corrected chi connectivity index (χ3v) is 7.91. The second-order valence-corrected chi connectivity index (χ2v) is 10.0. The minimum absolute atomic E-state index is 0.0388.